The molecule has 0 saturated carbocycles. The summed E-state index contributed by atoms with van der Waals surface area (Å²) in [6, 6.07) is 0. The average Bonchev–Trinajstić information content (AvgIpc) is 2.51. The minimum absolute atomic E-state index is 0.336. The molecule has 4 nitrogen and oxygen atoms in total. The lowest BCUT2D eigenvalue weighted by Crippen LogP contribution is -2.69. The van der Waals surface area contributed by atoms with Gasteiger partial charge in [0.05, 0.1) is 0 Å². The molecular weight excluding hydrogens is 258 g/mol. The molecule has 0 aromatic rings. The summed E-state index contributed by atoms with van der Waals surface area (Å²) in [5.74, 6) is 0. The number of nitrogens with zero attached hydrogens (tertiary/aromatic N) is 1. The molecule has 0 saturated heterocycles. The summed E-state index contributed by atoms with van der Waals surface area (Å²) in [5, 5.41) is -0.336. The lowest BCUT2D eigenvalue weighted by atomic mass is 10.0. The molecule has 2 aliphatic rings. The Labute approximate surface area is 116 Å². The first kappa shape index (κ1) is 14.5. The van der Waals surface area contributed by atoms with Gasteiger partial charge in [0.15, 0.2) is 0 Å². The highest BCUT2D eigenvalue weighted by Gasteiger charge is 2.61. The van der Waals surface area contributed by atoms with Crippen LogP contribution in [0.3, 0.4) is 0 Å². The lowest BCUT2D eigenvalue weighted by Gasteiger charge is -2.49. The van der Waals surface area contributed by atoms with Crippen LogP contribution in [0, 0.1) is 0 Å². The van der Waals surface area contributed by atoms with E-state index < -0.39 is 8.80 Å². The molecule has 0 amide bonds. The molecule has 0 fully saturated rings. The Morgan fingerprint density at radius 1 is 1.05 bits per heavy atom. The van der Waals surface area contributed by atoms with Crippen molar-refractivity contribution < 1.29 is 13.3 Å². The summed E-state index contributed by atoms with van der Waals surface area (Å²) in [4.78, 5) is 2.32. The Kier molecular flexibility index (Phi) is 4.62. The normalized spacial score (nSPS) is 27.0. The molecule has 1 aliphatic heterocycles. The monoisotopic (exact) mass is 281 g/mol. The molecule has 0 aromatic heterocycles. The van der Waals surface area contributed by atoms with E-state index in [1.807, 2.05) is 0 Å². The molecule has 106 valence electrons. The molecule has 2 rings (SSSR count). The first-order valence-electron chi connectivity index (χ1n) is 6.68. The van der Waals surface area contributed by atoms with Gasteiger partial charge < -0.3 is 18.2 Å². The molecule has 19 heavy (non-hydrogen) atoms. The molecule has 0 spiro atoms. The van der Waals surface area contributed by atoms with Crippen LogP contribution in [-0.2, 0) is 13.3 Å². The van der Waals surface area contributed by atoms with E-state index in [9.17, 15) is 0 Å². The third-order valence-electron chi connectivity index (χ3n) is 3.95. The van der Waals surface area contributed by atoms with Crippen molar-refractivity contribution in [3.05, 3.63) is 36.6 Å². The average molecular weight is 281 g/mol. The van der Waals surface area contributed by atoms with Crippen LogP contribution in [0.5, 0.6) is 0 Å². The zero-order chi connectivity index (χ0) is 13.8. The van der Waals surface area contributed by atoms with Crippen molar-refractivity contribution in [2.24, 2.45) is 0 Å². The quantitative estimate of drug-likeness (QED) is 0.723. The number of hydrogen-bond donors (Lipinski definition) is 0. The fourth-order valence-corrected chi connectivity index (χ4v) is 5.76. The molecule has 0 N–H and O–H groups in total. The fraction of sp³-hybridized carbons (Fsp3) is 0.571. The molecule has 1 heterocycles. The molecule has 1 atom stereocenters. The van der Waals surface area contributed by atoms with E-state index in [1.165, 1.54) is 0 Å². The second-order valence-electron chi connectivity index (χ2n) is 4.80. The van der Waals surface area contributed by atoms with Gasteiger partial charge in [0, 0.05) is 27.9 Å². The standard InChI is InChI=1S/C14H23NO3Si/c1-16-19(17-2,18-3)14(10-6-4-7-11-14)15-12-8-5-9-13-15/h4,6-8,10,12H,5,9,11,13H2,1-3H3. The maximum absolute atomic E-state index is 5.77. The second kappa shape index (κ2) is 6.05. The zero-order valence-electron chi connectivity index (χ0n) is 12.0. The predicted octanol–water partition coefficient (Wildman–Crippen LogP) is 2.27. The van der Waals surface area contributed by atoms with Crippen LogP contribution in [0.2, 0.25) is 0 Å². The van der Waals surface area contributed by atoms with Crippen molar-refractivity contribution in [2.75, 3.05) is 27.9 Å². The Hall–Kier alpha value is -0.883. The van der Waals surface area contributed by atoms with E-state index in [-0.39, 0.29) is 5.16 Å². The summed E-state index contributed by atoms with van der Waals surface area (Å²) in [7, 11) is 2.23. The summed E-state index contributed by atoms with van der Waals surface area (Å²) < 4.78 is 17.3. The molecule has 1 unspecified atom stereocenters. The van der Waals surface area contributed by atoms with Crippen molar-refractivity contribution in [3.8, 4) is 0 Å². The largest absolute Gasteiger partial charge is 0.531 e. The van der Waals surface area contributed by atoms with Crippen molar-refractivity contribution in [3.63, 3.8) is 0 Å². The Balaban J connectivity index is 2.44. The van der Waals surface area contributed by atoms with Crippen LogP contribution in [0.25, 0.3) is 0 Å². The van der Waals surface area contributed by atoms with E-state index >= 15 is 0 Å². The van der Waals surface area contributed by atoms with Crippen LogP contribution in [0.1, 0.15) is 19.3 Å². The second-order valence-corrected chi connectivity index (χ2v) is 8.01. The lowest BCUT2D eigenvalue weighted by molar-refractivity contribution is 0.0606. The third-order valence-corrected chi connectivity index (χ3v) is 7.28. The van der Waals surface area contributed by atoms with Gasteiger partial charge in [0.25, 0.3) is 0 Å². The van der Waals surface area contributed by atoms with Crippen molar-refractivity contribution in [1.82, 2.24) is 4.90 Å². The van der Waals surface area contributed by atoms with Gasteiger partial charge in [0.2, 0.25) is 0 Å². The number of hydrogen-bond acceptors (Lipinski definition) is 4. The van der Waals surface area contributed by atoms with E-state index in [4.69, 9.17) is 13.3 Å². The first-order chi connectivity index (χ1) is 9.24. The molecule has 1 aliphatic carbocycles. The van der Waals surface area contributed by atoms with Crippen LogP contribution >= 0.6 is 0 Å². The molecule has 0 bridgehead atoms. The number of allylic oxidation sites excluding steroid dienone is 3. The Morgan fingerprint density at radius 2 is 1.79 bits per heavy atom. The summed E-state index contributed by atoms with van der Waals surface area (Å²) >= 11 is 0. The maximum Gasteiger partial charge on any atom is 0.531 e. The van der Waals surface area contributed by atoms with Gasteiger partial charge in [-0.15, -0.1) is 0 Å². The maximum atomic E-state index is 5.77. The highest BCUT2D eigenvalue weighted by molar-refractivity contribution is 6.65. The van der Waals surface area contributed by atoms with Crippen LogP contribution in [0.4, 0.5) is 0 Å². The van der Waals surface area contributed by atoms with Crippen molar-refractivity contribution >= 4 is 8.80 Å². The van der Waals surface area contributed by atoms with Gasteiger partial charge in [-0.2, -0.15) is 0 Å². The SMILES string of the molecule is CO[Si](OC)(OC)C1(N2C=CCCC2)C=CC=CC1. The third kappa shape index (κ3) is 2.31. The summed E-state index contributed by atoms with van der Waals surface area (Å²) in [6.07, 6.45) is 15.9. The Bertz CT molecular complexity index is 382. The van der Waals surface area contributed by atoms with Crippen molar-refractivity contribution in [1.29, 1.82) is 0 Å². The van der Waals surface area contributed by atoms with E-state index in [0.717, 1.165) is 25.8 Å². The molecule has 0 radical (unpaired) electrons. The molecular formula is C14H23NO3Si. The van der Waals surface area contributed by atoms with Gasteiger partial charge >= 0.3 is 8.80 Å². The van der Waals surface area contributed by atoms with E-state index in [2.05, 4.69) is 41.5 Å². The highest BCUT2D eigenvalue weighted by atomic mass is 28.4. The zero-order valence-corrected chi connectivity index (χ0v) is 13.0. The summed E-state index contributed by atoms with van der Waals surface area (Å²) in [5.41, 5.74) is 0. The first-order valence-corrected chi connectivity index (χ1v) is 8.40. The van der Waals surface area contributed by atoms with Crippen LogP contribution in [0.15, 0.2) is 36.6 Å². The topological polar surface area (TPSA) is 30.9 Å². The van der Waals surface area contributed by atoms with Gasteiger partial charge in [-0.25, -0.2) is 0 Å². The van der Waals surface area contributed by atoms with Crippen molar-refractivity contribution in [2.45, 2.75) is 24.4 Å². The van der Waals surface area contributed by atoms with Gasteiger partial charge in [-0.3, -0.25) is 0 Å². The van der Waals surface area contributed by atoms with Gasteiger partial charge in [-0.05, 0) is 25.5 Å². The molecule has 5 heteroatoms. The van der Waals surface area contributed by atoms with E-state index in [1.54, 1.807) is 21.3 Å². The fourth-order valence-electron chi connectivity index (χ4n) is 2.99. The van der Waals surface area contributed by atoms with Crippen LogP contribution < -0.4 is 0 Å². The number of rotatable bonds is 5. The summed E-state index contributed by atoms with van der Waals surface area (Å²) in [6.45, 7) is 1.000. The predicted molar refractivity (Wildman–Crippen MR) is 77.5 cm³/mol. The smallest absolute Gasteiger partial charge is 0.375 e. The molecule has 0 aromatic carbocycles. The highest BCUT2D eigenvalue weighted by Crippen LogP contribution is 2.37. The van der Waals surface area contributed by atoms with Crippen LogP contribution in [-0.4, -0.2) is 46.7 Å². The van der Waals surface area contributed by atoms with E-state index in [0.29, 0.717) is 0 Å². The van der Waals surface area contributed by atoms with Gasteiger partial charge in [-0.1, -0.05) is 30.4 Å². The van der Waals surface area contributed by atoms with Gasteiger partial charge in [0.1, 0.15) is 5.16 Å². The Morgan fingerprint density at radius 3 is 2.26 bits per heavy atom. The minimum atomic E-state index is -2.82. The minimum Gasteiger partial charge on any atom is -0.375 e.